The van der Waals surface area contributed by atoms with Crippen LogP contribution in [-0.2, 0) is 0 Å². The van der Waals surface area contributed by atoms with Crippen molar-refractivity contribution in [1.82, 2.24) is 0 Å². The Hall–Kier alpha value is -2.60. The van der Waals surface area contributed by atoms with Crippen LogP contribution in [0.4, 0.5) is 0 Å². The van der Waals surface area contributed by atoms with E-state index in [1.807, 2.05) is 0 Å². The van der Waals surface area contributed by atoms with Crippen molar-refractivity contribution in [3.8, 4) is 11.1 Å². The molecular formula is C23H20. The van der Waals surface area contributed by atoms with Gasteiger partial charge in [-0.2, -0.15) is 0 Å². The van der Waals surface area contributed by atoms with Crippen LogP contribution >= 0.6 is 0 Å². The van der Waals surface area contributed by atoms with E-state index >= 15 is 0 Å². The Balaban J connectivity index is 2.13. The molecule has 4 aromatic rings. The van der Waals surface area contributed by atoms with E-state index in [2.05, 4.69) is 87.5 Å². The molecule has 0 heterocycles. The molecule has 23 heavy (non-hydrogen) atoms. The summed E-state index contributed by atoms with van der Waals surface area (Å²) >= 11 is 0. The number of benzene rings is 4. The Kier molecular flexibility index (Phi) is 3.20. The van der Waals surface area contributed by atoms with Gasteiger partial charge in [0.25, 0.3) is 0 Å². The van der Waals surface area contributed by atoms with E-state index in [9.17, 15) is 0 Å². The van der Waals surface area contributed by atoms with Crippen LogP contribution in [0.3, 0.4) is 0 Å². The third-order valence-corrected chi connectivity index (χ3v) is 4.87. The predicted octanol–water partition coefficient (Wildman–Crippen LogP) is 6.59. The van der Waals surface area contributed by atoms with Gasteiger partial charge in [-0.05, 0) is 76.7 Å². The summed E-state index contributed by atoms with van der Waals surface area (Å²) in [6.07, 6.45) is 0. The summed E-state index contributed by atoms with van der Waals surface area (Å²) in [6, 6.07) is 24.5. The third-order valence-electron chi connectivity index (χ3n) is 4.87. The first-order valence-electron chi connectivity index (χ1n) is 8.13. The van der Waals surface area contributed by atoms with E-state index in [0.29, 0.717) is 0 Å². The highest BCUT2D eigenvalue weighted by molar-refractivity contribution is 6.06. The molecule has 0 aliphatic carbocycles. The minimum absolute atomic E-state index is 1.30. The number of aryl methyl sites for hydroxylation is 2. The van der Waals surface area contributed by atoms with Crippen LogP contribution in [0.1, 0.15) is 16.7 Å². The average molecular weight is 296 g/mol. The zero-order valence-electron chi connectivity index (χ0n) is 13.9. The molecule has 0 aromatic heterocycles. The number of rotatable bonds is 1. The van der Waals surface area contributed by atoms with Crippen molar-refractivity contribution in [2.24, 2.45) is 0 Å². The van der Waals surface area contributed by atoms with Crippen LogP contribution in [-0.4, -0.2) is 0 Å². The lowest BCUT2D eigenvalue weighted by Gasteiger charge is -2.15. The molecule has 0 radical (unpaired) electrons. The standard InChI is InChI=1S/C23H20/c1-15-8-10-18(11-9-15)23-17(3)16(2)12-21-13-19-6-4-5-7-20(19)14-22(21)23/h4-14H,1-3H3. The molecule has 4 rings (SSSR count). The Morgan fingerprint density at radius 3 is 1.96 bits per heavy atom. The molecule has 0 N–H and O–H groups in total. The van der Waals surface area contributed by atoms with E-state index in [0.717, 1.165) is 0 Å². The van der Waals surface area contributed by atoms with Crippen molar-refractivity contribution in [3.05, 3.63) is 83.4 Å². The van der Waals surface area contributed by atoms with E-state index in [4.69, 9.17) is 0 Å². The SMILES string of the molecule is Cc1ccc(-c2c(C)c(C)cc3cc4ccccc4cc23)cc1. The summed E-state index contributed by atoms with van der Waals surface area (Å²) in [4.78, 5) is 0. The molecule has 0 nitrogen and oxygen atoms in total. The molecule has 112 valence electrons. The average Bonchev–Trinajstić information content (AvgIpc) is 2.56. The first-order valence-corrected chi connectivity index (χ1v) is 8.13. The van der Waals surface area contributed by atoms with E-state index in [1.165, 1.54) is 49.4 Å². The van der Waals surface area contributed by atoms with Gasteiger partial charge in [0, 0.05) is 0 Å². The smallest absolute Gasteiger partial charge is 0.00733 e. The van der Waals surface area contributed by atoms with Crippen molar-refractivity contribution in [1.29, 1.82) is 0 Å². The van der Waals surface area contributed by atoms with Crippen LogP contribution < -0.4 is 0 Å². The van der Waals surface area contributed by atoms with Gasteiger partial charge in [-0.15, -0.1) is 0 Å². The van der Waals surface area contributed by atoms with Crippen LogP contribution in [0.5, 0.6) is 0 Å². The molecule has 0 spiro atoms. The van der Waals surface area contributed by atoms with Gasteiger partial charge < -0.3 is 0 Å². The predicted molar refractivity (Wildman–Crippen MR) is 101 cm³/mol. The summed E-state index contributed by atoms with van der Waals surface area (Å²) in [5.41, 5.74) is 6.69. The first-order chi connectivity index (χ1) is 11.1. The Morgan fingerprint density at radius 1 is 0.609 bits per heavy atom. The molecule has 0 unspecified atom stereocenters. The zero-order valence-corrected chi connectivity index (χ0v) is 13.9. The fraction of sp³-hybridized carbons (Fsp3) is 0.130. The van der Waals surface area contributed by atoms with Gasteiger partial charge in [-0.25, -0.2) is 0 Å². The highest BCUT2D eigenvalue weighted by Crippen LogP contribution is 2.36. The van der Waals surface area contributed by atoms with Gasteiger partial charge in [0.1, 0.15) is 0 Å². The van der Waals surface area contributed by atoms with Crippen LogP contribution in [0.2, 0.25) is 0 Å². The lowest BCUT2D eigenvalue weighted by atomic mass is 9.89. The molecule has 0 atom stereocenters. The zero-order chi connectivity index (χ0) is 16.0. The second-order valence-electron chi connectivity index (χ2n) is 6.48. The van der Waals surface area contributed by atoms with Gasteiger partial charge in [-0.1, -0.05) is 60.2 Å². The summed E-state index contributed by atoms with van der Waals surface area (Å²) in [5, 5.41) is 5.27. The molecule has 0 aliphatic heterocycles. The van der Waals surface area contributed by atoms with E-state index < -0.39 is 0 Å². The van der Waals surface area contributed by atoms with Gasteiger partial charge in [0.2, 0.25) is 0 Å². The highest BCUT2D eigenvalue weighted by Gasteiger charge is 2.11. The lowest BCUT2D eigenvalue weighted by molar-refractivity contribution is 1.36. The molecule has 0 bridgehead atoms. The minimum atomic E-state index is 1.30. The van der Waals surface area contributed by atoms with Gasteiger partial charge in [0.05, 0.1) is 0 Å². The van der Waals surface area contributed by atoms with E-state index in [-0.39, 0.29) is 0 Å². The monoisotopic (exact) mass is 296 g/mol. The maximum atomic E-state index is 2.34. The molecule has 0 saturated carbocycles. The normalized spacial score (nSPS) is 11.3. The number of fused-ring (bicyclic) bond motifs is 2. The maximum absolute atomic E-state index is 2.34. The topological polar surface area (TPSA) is 0 Å². The first kappa shape index (κ1) is 14.0. The van der Waals surface area contributed by atoms with Crippen molar-refractivity contribution in [3.63, 3.8) is 0 Å². The third kappa shape index (κ3) is 2.31. The second-order valence-corrected chi connectivity index (χ2v) is 6.48. The molecule has 0 amide bonds. The summed E-state index contributed by atoms with van der Waals surface area (Å²) in [5.74, 6) is 0. The van der Waals surface area contributed by atoms with Gasteiger partial charge in [-0.3, -0.25) is 0 Å². The maximum Gasteiger partial charge on any atom is -0.00733 e. The fourth-order valence-corrected chi connectivity index (χ4v) is 3.43. The van der Waals surface area contributed by atoms with Gasteiger partial charge in [0.15, 0.2) is 0 Å². The molecule has 0 aliphatic rings. The van der Waals surface area contributed by atoms with Crippen molar-refractivity contribution in [2.45, 2.75) is 20.8 Å². The Labute approximate surface area is 137 Å². The highest BCUT2D eigenvalue weighted by atomic mass is 14.1. The quantitative estimate of drug-likeness (QED) is 0.348. The molecule has 4 aromatic carbocycles. The Bertz CT molecular complexity index is 1020. The molecule has 0 fully saturated rings. The lowest BCUT2D eigenvalue weighted by Crippen LogP contribution is -1.91. The number of hydrogen-bond acceptors (Lipinski definition) is 0. The summed E-state index contributed by atoms with van der Waals surface area (Å²) in [7, 11) is 0. The summed E-state index contributed by atoms with van der Waals surface area (Å²) < 4.78 is 0. The molecule has 0 heteroatoms. The van der Waals surface area contributed by atoms with Gasteiger partial charge >= 0.3 is 0 Å². The minimum Gasteiger partial charge on any atom is -0.0616 e. The van der Waals surface area contributed by atoms with Crippen molar-refractivity contribution < 1.29 is 0 Å². The van der Waals surface area contributed by atoms with Crippen LogP contribution in [0.15, 0.2) is 66.7 Å². The van der Waals surface area contributed by atoms with Crippen LogP contribution in [0.25, 0.3) is 32.7 Å². The summed E-state index contributed by atoms with van der Waals surface area (Å²) in [6.45, 7) is 6.58. The van der Waals surface area contributed by atoms with Crippen molar-refractivity contribution >= 4 is 21.5 Å². The Morgan fingerprint density at radius 2 is 1.26 bits per heavy atom. The van der Waals surface area contributed by atoms with Crippen LogP contribution in [0, 0.1) is 20.8 Å². The number of hydrogen-bond donors (Lipinski definition) is 0. The fourth-order valence-electron chi connectivity index (χ4n) is 3.43. The van der Waals surface area contributed by atoms with Crippen molar-refractivity contribution in [2.75, 3.05) is 0 Å². The largest absolute Gasteiger partial charge is 0.0616 e. The van der Waals surface area contributed by atoms with E-state index in [1.54, 1.807) is 0 Å². The molecular weight excluding hydrogens is 276 g/mol. The second kappa shape index (κ2) is 5.24. The molecule has 0 saturated heterocycles.